The Bertz CT molecular complexity index is 2530. The summed E-state index contributed by atoms with van der Waals surface area (Å²) < 4.78 is 49.7. The number of anilines is 2. The molecule has 0 saturated carbocycles. The van der Waals surface area contributed by atoms with E-state index in [1.165, 1.54) is 22.6 Å². The van der Waals surface area contributed by atoms with Crippen LogP contribution < -0.4 is 14.4 Å². The summed E-state index contributed by atoms with van der Waals surface area (Å²) in [5.74, 6) is -0.0455. The molecule has 14 heteroatoms. The van der Waals surface area contributed by atoms with Gasteiger partial charge < -0.3 is 33.4 Å². The number of hydrogen-bond donors (Lipinski definition) is 1. The molecule has 2 amide bonds. The van der Waals surface area contributed by atoms with Crippen LogP contribution in [0, 0.1) is 0 Å². The molecule has 298 valence electrons. The summed E-state index contributed by atoms with van der Waals surface area (Å²) in [7, 11) is 3.49. The van der Waals surface area contributed by atoms with Crippen molar-refractivity contribution < 1.29 is 37.7 Å². The number of morpholine rings is 1. The number of halogens is 2. The van der Waals surface area contributed by atoms with Gasteiger partial charge in [-0.05, 0) is 72.1 Å². The minimum absolute atomic E-state index is 0.00226. The molecule has 3 aliphatic heterocycles. The van der Waals surface area contributed by atoms with Gasteiger partial charge in [0.05, 0.1) is 36.2 Å². The van der Waals surface area contributed by atoms with Gasteiger partial charge in [-0.25, -0.2) is 13.8 Å². The molecule has 6 aromatic rings. The maximum atomic E-state index is 15.1. The number of ether oxygens (including phenoxy) is 3. The highest BCUT2D eigenvalue weighted by atomic mass is 19.3. The zero-order valence-corrected chi connectivity index (χ0v) is 32.1. The predicted octanol–water partition coefficient (Wildman–Crippen LogP) is 6.70. The molecule has 0 bridgehead atoms. The van der Waals surface area contributed by atoms with Crippen LogP contribution >= 0.6 is 0 Å². The maximum Gasteiger partial charge on any atom is 0.264 e. The van der Waals surface area contributed by atoms with Crippen LogP contribution in [0.1, 0.15) is 37.5 Å². The largest absolute Gasteiger partial charge is 0.508 e. The Balaban J connectivity index is 1.16. The van der Waals surface area contributed by atoms with Crippen LogP contribution in [0.2, 0.25) is 0 Å². The number of hydrogen-bond acceptors (Lipinski definition) is 8. The first-order valence-corrected chi connectivity index (χ1v) is 19.3. The fourth-order valence-electron chi connectivity index (χ4n) is 8.41. The number of aromatic nitrogens is 3. The van der Waals surface area contributed by atoms with Crippen molar-refractivity contribution in [3.8, 4) is 28.5 Å². The number of carbonyl (C=O) groups excluding carboxylic acids is 2. The highest BCUT2D eigenvalue weighted by Crippen LogP contribution is 2.42. The molecule has 9 rings (SSSR count). The van der Waals surface area contributed by atoms with Gasteiger partial charge in [-0.2, -0.15) is 0 Å². The lowest BCUT2D eigenvalue weighted by molar-refractivity contribution is 0.0193. The Morgan fingerprint density at radius 3 is 2.41 bits per heavy atom. The number of rotatable bonds is 9. The van der Waals surface area contributed by atoms with E-state index in [1.807, 2.05) is 53.0 Å². The Kier molecular flexibility index (Phi) is 9.82. The maximum absolute atomic E-state index is 15.1. The van der Waals surface area contributed by atoms with Crippen LogP contribution in [-0.4, -0.2) is 92.9 Å². The highest BCUT2D eigenvalue weighted by Gasteiger charge is 2.36. The third kappa shape index (κ3) is 6.92. The van der Waals surface area contributed by atoms with Gasteiger partial charge >= 0.3 is 0 Å². The van der Waals surface area contributed by atoms with Gasteiger partial charge in [0.25, 0.3) is 11.8 Å². The molecule has 12 nitrogen and oxygen atoms in total. The lowest BCUT2D eigenvalue weighted by atomic mass is 9.92. The van der Waals surface area contributed by atoms with Gasteiger partial charge in [0.2, 0.25) is 13.2 Å². The molecule has 3 aliphatic rings. The van der Waals surface area contributed by atoms with Crippen molar-refractivity contribution in [2.24, 2.45) is 14.1 Å². The van der Waals surface area contributed by atoms with E-state index < -0.39 is 18.8 Å². The SMILES string of the molecule is Cn1c(-c2cc3c(cc2C(=O)N2Cc4ccccc4C[C@H]2CN2CCOCC2)OCO3)cc(C(=O)N(c2ccc(O)cc2)c2cnc3c(ccn3C)c2)c1CC(F)F. The minimum atomic E-state index is -2.79. The van der Waals surface area contributed by atoms with Crippen molar-refractivity contribution in [1.82, 2.24) is 23.9 Å². The zero-order chi connectivity index (χ0) is 40.1. The summed E-state index contributed by atoms with van der Waals surface area (Å²) in [6.45, 7) is 3.77. The Morgan fingerprint density at radius 1 is 0.914 bits per heavy atom. The molecule has 6 heterocycles. The first-order chi connectivity index (χ1) is 28.1. The fourth-order valence-corrected chi connectivity index (χ4v) is 8.41. The van der Waals surface area contributed by atoms with E-state index in [2.05, 4.69) is 16.0 Å². The number of aryl methyl sites for hydroxylation is 1. The van der Waals surface area contributed by atoms with Gasteiger partial charge in [0.1, 0.15) is 11.4 Å². The third-order valence-electron chi connectivity index (χ3n) is 11.4. The molecule has 0 spiro atoms. The second-order valence-electron chi connectivity index (χ2n) is 15.0. The number of nitrogens with zero attached hydrogens (tertiary/aromatic N) is 6. The highest BCUT2D eigenvalue weighted by molar-refractivity contribution is 6.13. The van der Waals surface area contributed by atoms with Crippen LogP contribution in [0.5, 0.6) is 17.2 Å². The number of fused-ring (bicyclic) bond motifs is 3. The van der Waals surface area contributed by atoms with E-state index in [1.54, 1.807) is 48.1 Å². The average molecular weight is 789 g/mol. The lowest BCUT2D eigenvalue weighted by Crippen LogP contribution is -2.52. The van der Waals surface area contributed by atoms with Crippen LogP contribution in [0.4, 0.5) is 20.2 Å². The van der Waals surface area contributed by atoms with Gasteiger partial charge in [0, 0.05) is 87.0 Å². The quantitative estimate of drug-likeness (QED) is 0.172. The summed E-state index contributed by atoms with van der Waals surface area (Å²) in [6, 6.07) is 22.7. The molecule has 58 heavy (non-hydrogen) atoms. The summed E-state index contributed by atoms with van der Waals surface area (Å²) >= 11 is 0. The van der Waals surface area contributed by atoms with Crippen LogP contribution in [0.15, 0.2) is 91.3 Å². The number of phenolic OH excluding ortho intramolecular Hbond substituents is 1. The number of amides is 2. The van der Waals surface area contributed by atoms with E-state index in [4.69, 9.17) is 14.2 Å². The van der Waals surface area contributed by atoms with Crippen molar-refractivity contribution in [3.63, 3.8) is 0 Å². The minimum Gasteiger partial charge on any atom is -0.508 e. The Morgan fingerprint density at radius 2 is 1.66 bits per heavy atom. The van der Waals surface area contributed by atoms with Crippen LogP contribution in [0.3, 0.4) is 0 Å². The molecule has 3 aromatic heterocycles. The van der Waals surface area contributed by atoms with Gasteiger partial charge in [-0.1, -0.05) is 24.3 Å². The molecular weight excluding hydrogens is 747 g/mol. The topological polar surface area (TPSA) is 115 Å². The van der Waals surface area contributed by atoms with Crippen LogP contribution in [0.25, 0.3) is 22.3 Å². The molecule has 1 fully saturated rings. The van der Waals surface area contributed by atoms with Crippen molar-refractivity contribution in [1.29, 1.82) is 0 Å². The number of aromatic hydroxyl groups is 1. The second kappa shape index (κ2) is 15.3. The molecule has 3 aromatic carbocycles. The summed E-state index contributed by atoms with van der Waals surface area (Å²) in [4.78, 5) is 40.4. The number of carbonyl (C=O) groups is 2. The number of phenols is 1. The average Bonchev–Trinajstić information content (AvgIpc) is 3.94. The zero-order valence-electron chi connectivity index (χ0n) is 32.1. The molecule has 0 radical (unpaired) electrons. The van der Waals surface area contributed by atoms with Crippen molar-refractivity contribution >= 4 is 34.2 Å². The first kappa shape index (κ1) is 37.3. The first-order valence-electron chi connectivity index (χ1n) is 19.3. The molecule has 1 atom stereocenters. The van der Waals surface area contributed by atoms with E-state index in [9.17, 15) is 13.9 Å². The number of pyridine rings is 1. The Hall–Kier alpha value is -6.25. The number of benzene rings is 3. The normalized spacial score (nSPS) is 16.6. The van der Waals surface area contributed by atoms with Crippen molar-refractivity contribution in [2.75, 3.05) is 44.5 Å². The van der Waals surface area contributed by atoms with Gasteiger partial charge in [-0.3, -0.25) is 19.4 Å². The van der Waals surface area contributed by atoms with Crippen LogP contribution in [-0.2, 0) is 38.2 Å². The molecule has 0 aliphatic carbocycles. The van der Waals surface area contributed by atoms with E-state index in [0.29, 0.717) is 78.1 Å². The smallest absolute Gasteiger partial charge is 0.264 e. The second-order valence-corrected chi connectivity index (χ2v) is 15.0. The van der Waals surface area contributed by atoms with Crippen molar-refractivity contribution in [2.45, 2.75) is 31.9 Å². The molecule has 1 N–H and O–H groups in total. The van der Waals surface area contributed by atoms with E-state index >= 15 is 9.59 Å². The molecule has 0 unspecified atom stereocenters. The fraction of sp³-hybridized carbons (Fsp3) is 0.295. The predicted molar refractivity (Wildman–Crippen MR) is 213 cm³/mol. The van der Waals surface area contributed by atoms with Crippen molar-refractivity contribution in [3.05, 3.63) is 119 Å². The summed E-state index contributed by atoms with van der Waals surface area (Å²) in [5.41, 5.74) is 4.94. The molecular formula is C44H42F2N6O6. The third-order valence-corrected chi connectivity index (χ3v) is 11.4. The summed E-state index contributed by atoms with van der Waals surface area (Å²) in [6.07, 6.45) is 0.565. The van der Waals surface area contributed by atoms with Gasteiger partial charge in [-0.15, -0.1) is 0 Å². The molecule has 1 saturated heterocycles. The van der Waals surface area contributed by atoms with E-state index in [-0.39, 0.29) is 35.7 Å². The summed E-state index contributed by atoms with van der Waals surface area (Å²) in [5, 5.41) is 10.9. The lowest BCUT2D eigenvalue weighted by Gasteiger charge is -2.40. The van der Waals surface area contributed by atoms with E-state index in [0.717, 1.165) is 24.0 Å². The monoisotopic (exact) mass is 788 g/mol. The van der Waals surface area contributed by atoms with Gasteiger partial charge in [0.15, 0.2) is 11.5 Å². The standard InChI is InChI=1S/C44H42F2N6O6/c1-48-12-11-28-18-31(23-47-42(28)48)52(30-7-9-33(53)10-8-30)44(55)36-19-37(49(2)38(36)22-41(45)46)34-20-39-40(58-26-57-39)21-35(34)43(54)51-24-29-6-4-3-5-27(29)17-32(51)25-50-13-15-56-16-14-50/h3-12,18-21,23,32,41,53H,13-17,22,24-26H2,1-2H3/t32-/m0/s1. The number of alkyl halides is 2. The Labute approximate surface area is 333 Å².